The van der Waals surface area contributed by atoms with Gasteiger partial charge in [0, 0.05) is 31.3 Å². The van der Waals surface area contributed by atoms with E-state index >= 15 is 0 Å². The molecule has 0 nitrogen and oxygen atoms in total. The average Bonchev–Trinajstić information content (AvgIpc) is 2.66. The summed E-state index contributed by atoms with van der Waals surface area (Å²) in [5.41, 5.74) is 0. The topological polar surface area (TPSA) is 0 Å². The third-order valence-electron chi connectivity index (χ3n) is 3.41. The maximum absolute atomic E-state index is 4.96. The molecule has 0 fully saturated rings. The van der Waals surface area contributed by atoms with Gasteiger partial charge in [-0.25, -0.2) is 0 Å². The van der Waals surface area contributed by atoms with Gasteiger partial charge in [-0.1, -0.05) is 104 Å². The molecule has 0 amide bonds. The quantitative estimate of drug-likeness (QED) is 0.469. The van der Waals surface area contributed by atoms with Crippen LogP contribution >= 0.6 is 7.92 Å². The second-order valence-corrected chi connectivity index (χ2v) is 7.40. The van der Waals surface area contributed by atoms with Crippen LogP contribution in [-0.2, 0) is 16.5 Å². The Morgan fingerprint density at radius 2 is 1.00 bits per heavy atom. The third-order valence-corrected chi connectivity index (χ3v) is 5.86. The maximum Gasteiger partial charge on any atom is 0.0541 e. The second-order valence-electron chi connectivity index (χ2n) is 5.18. The molecule has 4 radical (unpaired) electrons. The Morgan fingerprint density at radius 1 is 0.680 bits per heavy atom. The van der Waals surface area contributed by atoms with Crippen LogP contribution in [0.15, 0.2) is 91.0 Å². The van der Waals surface area contributed by atoms with E-state index in [1.54, 1.807) is 7.06 Å². The zero-order valence-corrected chi connectivity index (χ0v) is 16.2. The molecule has 0 aliphatic carbocycles. The summed E-state index contributed by atoms with van der Waals surface area (Å²) in [5.74, 6) is 0. The van der Waals surface area contributed by atoms with Crippen molar-refractivity contribution in [3.05, 3.63) is 91.0 Å². The summed E-state index contributed by atoms with van der Waals surface area (Å²) in [4.78, 5) is 0. The molecule has 0 aliphatic heterocycles. The molecule has 0 aromatic heterocycles. The van der Waals surface area contributed by atoms with E-state index in [1.165, 1.54) is 15.9 Å². The molecule has 0 atom stereocenters. The molecule has 0 saturated heterocycles. The summed E-state index contributed by atoms with van der Waals surface area (Å²) in [7, 11) is 7.97. The first-order valence-electron chi connectivity index (χ1n) is 8.18. The predicted molar refractivity (Wildman–Crippen MR) is 113 cm³/mol. The van der Waals surface area contributed by atoms with E-state index in [2.05, 4.69) is 91.0 Å². The van der Waals surface area contributed by atoms with Crippen molar-refractivity contribution in [1.82, 2.24) is 0 Å². The van der Waals surface area contributed by atoms with Gasteiger partial charge < -0.3 is 0 Å². The molecule has 0 N–H and O–H groups in total. The molecular formula is C20H20B3NiP. The van der Waals surface area contributed by atoms with E-state index in [-0.39, 0.29) is 16.5 Å². The van der Waals surface area contributed by atoms with Gasteiger partial charge in [-0.3, -0.25) is 0 Å². The van der Waals surface area contributed by atoms with Crippen LogP contribution in [0.25, 0.3) is 0 Å². The SMILES string of the molecule is [B][B][B]CC.[Ni].c1ccc(P(c2ccccc2)c2ccccc2)cc1. The molecule has 0 unspecified atom stereocenters. The molecule has 3 aromatic rings. The van der Waals surface area contributed by atoms with Gasteiger partial charge in [0.1, 0.15) is 0 Å². The maximum atomic E-state index is 4.96. The van der Waals surface area contributed by atoms with E-state index in [0.717, 1.165) is 6.32 Å². The smallest absolute Gasteiger partial charge is 0.0541 e. The van der Waals surface area contributed by atoms with E-state index in [4.69, 9.17) is 7.74 Å². The van der Waals surface area contributed by atoms with Gasteiger partial charge in [0.05, 0.1) is 7.17 Å². The standard InChI is InChI=1S/C18H15P.C2H5B3.Ni/c1-4-10-16(11-5-1)19(17-12-6-2-7-13-17)18-14-8-3-9-15-18;1-2-4-5-3;/h1-15H;2H2,1H3;. The van der Waals surface area contributed by atoms with Crippen LogP contribution in [0.3, 0.4) is 0 Å². The Labute approximate surface area is 166 Å². The largest absolute Gasteiger partial charge is 0.0923 e. The summed E-state index contributed by atoms with van der Waals surface area (Å²) in [6.07, 6.45) is 1.04. The molecule has 0 spiro atoms. The van der Waals surface area contributed by atoms with Crippen molar-refractivity contribution in [2.75, 3.05) is 0 Å². The van der Waals surface area contributed by atoms with Crippen molar-refractivity contribution < 1.29 is 16.5 Å². The molecule has 3 rings (SSSR count). The molecule has 0 saturated carbocycles. The van der Waals surface area contributed by atoms with Gasteiger partial charge in [0.15, 0.2) is 0 Å². The van der Waals surface area contributed by atoms with Crippen LogP contribution in [0.5, 0.6) is 0 Å². The minimum Gasteiger partial charge on any atom is -0.0923 e. The molecule has 124 valence electrons. The number of hydrogen-bond donors (Lipinski definition) is 0. The summed E-state index contributed by atoms with van der Waals surface area (Å²) in [6.45, 7) is 2.04. The van der Waals surface area contributed by atoms with Gasteiger partial charge >= 0.3 is 0 Å². The Morgan fingerprint density at radius 3 is 1.20 bits per heavy atom. The van der Waals surface area contributed by atoms with Crippen LogP contribution < -0.4 is 15.9 Å². The van der Waals surface area contributed by atoms with Crippen LogP contribution in [0.4, 0.5) is 0 Å². The Hall–Kier alpha value is -1.22. The molecule has 5 heteroatoms. The van der Waals surface area contributed by atoms with Crippen molar-refractivity contribution in [3.8, 4) is 0 Å². The Balaban J connectivity index is 0.000000462. The molecule has 0 bridgehead atoms. The van der Waals surface area contributed by atoms with E-state index in [1.807, 2.05) is 14.1 Å². The normalized spacial score (nSPS) is 9.36. The first-order chi connectivity index (χ1) is 11.9. The predicted octanol–water partition coefficient (Wildman–Crippen LogP) is 3.27. The van der Waals surface area contributed by atoms with Crippen LogP contribution in [0.2, 0.25) is 6.32 Å². The summed E-state index contributed by atoms with van der Waals surface area (Å²) in [5, 5.41) is 4.19. The van der Waals surface area contributed by atoms with E-state index in [9.17, 15) is 0 Å². The van der Waals surface area contributed by atoms with Crippen molar-refractivity contribution >= 4 is 45.8 Å². The van der Waals surface area contributed by atoms with Crippen LogP contribution in [0.1, 0.15) is 6.92 Å². The number of rotatable bonds is 5. The Bertz CT molecular complexity index is 585. The molecule has 0 heterocycles. The molecular weight excluding hydrogens is 362 g/mol. The van der Waals surface area contributed by atoms with Crippen molar-refractivity contribution in [1.29, 1.82) is 0 Å². The summed E-state index contributed by atoms with van der Waals surface area (Å²) in [6, 6.07) is 32.3. The number of benzene rings is 3. The fraction of sp³-hybridized carbons (Fsp3) is 0.100. The van der Waals surface area contributed by atoms with Crippen molar-refractivity contribution in [3.63, 3.8) is 0 Å². The van der Waals surface area contributed by atoms with E-state index in [0.29, 0.717) is 0 Å². The Kier molecular flexibility index (Phi) is 11.4. The van der Waals surface area contributed by atoms with Crippen LogP contribution in [0, 0.1) is 0 Å². The first-order valence-corrected chi connectivity index (χ1v) is 9.53. The molecule has 0 aliphatic rings. The third kappa shape index (κ3) is 7.27. The van der Waals surface area contributed by atoms with Crippen LogP contribution in [-0.4, -0.2) is 22.0 Å². The van der Waals surface area contributed by atoms with Crippen molar-refractivity contribution in [2.45, 2.75) is 13.2 Å². The fourth-order valence-corrected chi connectivity index (χ4v) is 4.62. The summed E-state index contributed by atoms with van der Waals surface area (Å²) >= 11 is 0. The monoisotopic (exact) mass is 382 g/mol. The van der Waals surface area contributed by atoms with Gasteiger partial charge in [-0.15, -0.1) is 0 Å². The van der Waals surface area contributed by atoms with E-state index < -0.39 is 7.92 Å². The van der Waals surface area contributed by atoms with Crippen molar-refractivity contribution in [2.24, 2.45) is 0 Å². The fourth-order valence-electron chi connectivity index (χ4n) is 2.31. The first kappa shape index (κ1) is 21.8. The van der Waals surface area contributed by atoms with Gasteiger partial charge in [0.2, 0.25) is 0 Å². The van der Waals surface area contributed by atoms with Gasteiger partial charge in [0.25, 0.3) is 0 Å². The zero-order chi connectivity index (χ0) is 17.0. The second kappa shape index (κ2) is 13.0. The number of hydrogen-bond acceptors (Lipinski definition) is 0. The summed E-state index contributed by atoms with van der Waals surface area (Å²) < 4.78 is 0. The van der Waals surface area contributed by atoms with Gasteiger partial charge in [-0.2, -0.15) is 0 Å². The minimum absolute atomic E-state index is 0. The van der Waals surface area contributed by atoms with Gasteiger partial charge in [-0.05, 0) is 23.8 Å². The zero-order valence-electron chi connectivity index (χ0n) is 14.4. The molecule has 3 aromatic carbocycles. The molecule has 25 heavy (non-hydrogen) atoms. The average molecular weight is 382 g/mol. The minimum atomic E-state index is -0.446.